The summed E-state index contributed by atoms with van der Waals surface area (Å²) >= 11 is 2.88. The van der Waals surface area contributed by atoms with Gasteiger partial charge in [-0.2, -0.15) is 0 Å². The molecule has 0 saturated heterocycles. The van der Waals surface area contributed by atoms with Gasteiger partial charge in [0.15, 0.2) is 17.7 Å². The van der Waals surface area contributed by atoms with E-state index in [4.69, 9.17) is 9.84 Å². The summed E-state index contributed by atoms with van der Waals surface area (Å²) in [6.45, 7) is 1.25. The molecule has 0 aliphatic heterocycles. The SMILES string of the molecule is CC(Oc1c(F)cc(F)cc1Br)C(=O)O. The second kappa shape index (κ2) is 4.57. The van der Waals surface area contributed by atoms with Gasteiger partial charge in [-0.05, 0) is 28.9 Å². The van der Waals surface area contributed by atoms with Crippen molar-refractivity contribution in [1.82, 2.24) is 0 Å². The number of hydrogen-bond acceptors (Lipinski definition) is 2. The molecule has 82 valence electrons. The molecule has 0 amide bonds. The van der Waals surface area contributed by atoms with E-state index in [1.165, 1.54) is 6.92 Å². The van der Waals surface area contributed by atoms with Gasteiger partial charge < -0.3 is 9.84 Å². The van der Waals surface area contributed by atoms with Gasteiger partial charge in [-0.1, -0.05) is 0 Å². The van der Waals surface area contributed by atoms with E-state index in [0.29, 0.717) is 6.07 Å². The Labute approximate surface area is 92.8 Å². The standard InChI is InChI=1S/C9H7BrF2O3/c1-4(9(13)14)15-8-6(10)2-5(11)3-7(8)12/h2-4H,1H3,(H,13,14). The first kappa shape index (κ1) is 11.9. The molecule has 1 unspecified atom stereocenters. The van der Waals surface area contributed by atoms with Gasteiger partial charge in [-0.15, -0.1) is 0 Å². The molecule has 1 atom stereocenters. The van der Waals surface area contributed by atoms with Crippen molar-refractivity contribution in [1.29, 1.82) is 0 Å². The van der Waals surface area contributed by atoms with E-state index >= 15 is 0 Å². The van der Waals surface area contributed by atoms with E-state index in [1.54, 1.807) is 0 Å². The molecule has 1 rings (SSSR count). The molecule has 1 aromatic carbocycles. The molecule has 0 spiro atoms. The minimum absolute atomic E-state index is 0.0353. The lowest BCUT2D eigenvalue weighted by molar-refractivity contribution is -0.144. The Bertz CT molecular complexity index is 372. The Morgan fingerprint density at radius 3 is 2.60 bits per heavy atom. The first-order valence-corrected chi connectivity index (χ1v) is 4.75. The zero-order chi connectivity index (χ0) is 11.6. The van der Waals surface area contributed by atoms with Crippen molar-refractivity contribution in [2.24, 2.45) is 0 Å². The molecule has 0 aliphatic rings. The van der Waals surface area contributed by atoms with Crippen molar-refractivity contribution in [3.8, 4) is 5.75 Å². The number of ether oxygens (including phenoxy) is 1. The average Bonchev–Trinajstić information content (AvgIpc) is 2.10. The number of carboxylic acid groups (broad SMARTS) is 1. The number of benzene rings is 1. The third-order valence-electron chi connectivity index (χ3n) is 1.61. The fourth-order valence-electron chi connectivity index (χ4n) is 0.869. The predicted molar refractivity (Wildman–Crippen MR) is 51.8 cm³/mol. The highest BCUT2D eigenvalue weighted by molar-refractivity contribution is 9.10. The number of rotatable bonds is 3. The minimum atomic E-state index is -1.23. The summed E-state index contributed by atoms with van der Waals surface area (Å²) < 4.78 is 30.6. The van der Waals surface area contributed by atoms with Crippen molar-refractivity contribution in [3.63, 3.8) is 0 Å². The van der Waals surface area contributed by atoms with Crippen molar-refractivity contribution in [2.75, 3.05) is 0 Å². The second-order valence-corrected chi connectivity index (χ2v) is 3.65. The third-order valence-corrected chi connectivity index (χ3v) is 2.19. The van der Waals surface area contributed by atoms with Gasteiger partial charge in [-0.25, -0.2) is 13.6 Å². The Hall–Kier alpha value is -1.17. The molecule has 6 heteroatoms. The lowest BCUT2D eigenvalue weighted by atomic mass is 10.3. The van der Waals surface area contributed by atoms with Crippen LogP contribution < -0.4 is 4.74 Å². The topological polar surface area (TPSA) is 46.5 Å². The molecule has 15 heavy (non-hydrogen) atoms. The van der Waals surface area contributed by atoms with Gasteiger partial charge in [-0.3, -0.25) is 0 Å². The number of halogens is 3. The van der Waals surface area contributed by atoms with Crippen LogP contribution in [0.15, 0.2) is 16.6 Å². The van der Waals surface area contributed by atoms with Gasteiger partial charge in [0.2, 0.25) is 0 Å². The zero-order valence-electron chi connectivity index (χ0n) is 7.63. The minimum Gasteiger partial charge on any atom is -0.479 e. The predicted octanol–water partition coefficient (Wildman–Crippen LogP) is 2.58. The molecule has 0 fully saturated rings. The molecule has 0 saturated carbocycles. The van der Waals surface area contributed by atoms with Crippen LogP contribution >= 0.6 is 15.9 Å². The summed E-state index contributed by atoms with van der Waals surface area (Å²) in [4.78, 5) is 10.5. The maximum Gasteiger partial charge on any atom is 0.344 e. The average molecular weight is 281 g/mol. The monoisotopic (exact) mass is 280 g/mol. The Kier molecular flexibility index (Phi) is 3.62. The largest absolute Gasteiger partial charge is 0.479 e. The van der Waals surface area contributed by atoms with E-state index in [9.17, 15) is 13.6 Å². The highest BCUT2D eigenvalue weighted by Crippen LogP contribution is 2.29. The van der Waals surface area contributed by atoms with Crippen LogP contribution in [0.25, 0.3) is 0 Å². The van der Waals surface area contributed by atoms with Crippen LogP contribution in [0.3, 0.4) is 0 Å². The lowest BCUT2D eigenvalue weighted by Crippen LogP contribution is -2.23. The van der Waals surface area contributed by atoms with Crippen LogP contribution in [0.4, 0.5) is 8.78 Å². The summed E-state index contributed by atoms with van der Waals surface area (Å²) in [5.41, 5.74) is 0. The normalized spacial score (nSPS) is 12.3. The maximum atomic E-state index is 13.1. The molecule has 1 aromatic rings. The number of carbonyl (C=O) groups is 1. The molecule has 0 bridgehead atoms. The maximum absolute atomic E-state index is 13.1. The van der Waals surface area contributed by atoms with E-state index < -0.39 is 23.7 Å². The first-order chi connectivity index (χ1) is 6.91. The zero-order valence-corrected chi connectivity index (χ0v) is 9.22. The van der Waals surface area contributed by atoms with Crippen LogP contribution in [0.1, 0.15) is 6.92 Å². The lowest BCUT2D eigenvalue weighted by Gasteiger charge is -2.12. The molecular formula is C9H7BrF2O3. The molecule has 3 nitrogen and oxygen atoms in total. The van der Waals surface area contributed by atoms with Gasteiger partial charge in [0.05, 0.1) is 4.47 Å². The van der Waals surface area contributed by atoms with Crippen molar-refractivity contribution in [3.05, 3.63) is 28.2 Å². The van der Waals surface area contributed by atoms with Gasteiger partial charge in [0.25, 0.3) is 0 Å². The summed E-state index contributed by atoms with van der Waals surface area (Å²) in [6, 6.07) is 1.61. The van der Waals surface area contributed by atoms with Crippen LogP contribution in [-0.2, 0) is 4.79 Å². The molecular weight excluding hydrogens is 274 g/mol. The number of carboxylic acids is 1. The summed E-state index contributed by atoms with van der Waals surface area (Å²) in [6.07, 6.45) is -1.21. The van der Waals surface area contributed by atoms with Crippen LogP contribution in [0.2, 0.25) is 0 Å². The van der Waals surface area contributed by atoms with Crippen LogP contribution in [-0.4, -0.2) is 17.2 Å². The quantitative estimate of drug-likeness (QED) is 0.926. The van der Waals surface area contributed by atoms with E-state index in [1.807, 2.05) is 0 Å². The van der Waals surface area contributed by atoms with Crippen LogP contribution in [0.5, 0.6) is 5.75 Å². The van der Waals surface area contributed by atoms with Crippen molar-refractivity contribution < 1.29 is 23.4 Å². The van der Waals surface area contributed by atoms with E-state index in [0.717, 1.165) is 6.07 Å². The summed E-state index contributed by atoms with van der Waals surface area (Å²) in [5, 5.41) is 8.54. The van der Waals surface area contributed by atoms with Crippen molar-refractivity contribution >= 4 is 21.9 Å². The summed E-state index contributed by atoms with van der Waals surface area (Å²) in [5.74, 6) is -3.26. The highest BCUT2D eigenvalue weighted by Gasteiger charge is 2.18. The second-order valence-electron chi connectivity index (χ2n) is 2.80. The molecule has 0 heterocycles. The molecule has 0 aromatic heterocycles. The molecule has 1 N–H and O–H groups in total. The Morgan fingerprint density at radius 2 is 2.13 bits per heavy atom. The smallest absolute Gasteiger partial charge is 0.344 e. The highest BCUT2D eigenvalue weighted by atomic mass is 79.9. The first-order valence-electron chi connectivity index (χ1n) is 3.96. The van der Waals surface area contributed by atoms with Gasteiger partial charge >= 0.3 is 5.97 Å². The van der Waals surface area contributed by atoms with Gasteiger partial charge in [0, 0.05) is 6.07 Å². The fourth-order valence-corrected chi connectivity index (χ4v) is 1.37. The summed E-state index contributed by atoms with van der Waals surface area (Å²) in [7, 11) is 0. The number of hydrogen-bond donors (Lipinski definition) is 1. The van der Waals surface area contributed by atoms with E-state index in [2.05, 4.69) is 15.9 Å². The van der Waals surface area contributed by atoms with Gasteiger partial charge in [0.1, 0.15) is 5.82 Å². The Morgan fingerprint density at radius 1 is 1.53 bits per heavy atom. The van der Waals surface area contributed by atoms with E-state index in [-0.39, 0.29) is 10.2 Å². The molecule has 0 aliphatic carbocycles. The third kappa shape index (κ3) is 2.89. The van der Waals surface area contributed by atoms with Crippen LogP contribution in [0, 0.1) is 11.6 Å². The number of aliphatic carboxylic acids is 1. The fraction of sp³-hybridized carbons (Fsp3) is 0.222. The molecule has 0 radical (unpaired) electrons. The Balaban J connectivity index is 3.00. The van der Waals surface area contributed by atoms with Crippen molar-refractivity contribution in [2.45, 2.75) is 13.0 Å².